The molecule has 17 heavy (non-hydrogen) atoms. The Labute approximate surface area is 95.4 Å². The number of rotatable bonds is 2. The first-order valence-corrected chi connectivity index (χ1v) is 4.61. The standard InChI is InChI=1S/C11H7F3NO2/c1-2-17-10(16)8-5-7(6-15)3-4-9(8)11(12,13)14/h3-4H,2H2,1H3. The van der Waals surface area contributed by atoms with Gasteiger partial charge in [0.15, 0.2) is 0 Å². The highest BCUT2D eigenvalue weighted by molar-refractivity contribution is 5.91. The second kappa shape index (κ2) is 4.87. The molecule has 1 radical (unpaired) electrons. The minimum Gasteiger partial charge on any atom is -0.462 e. The molecule has 0 N–H and O–H groups in total. The van der Waals surface area contributed by atoms with Gasteiger partial charge in [-0.05, 0) is 19.1 Å². The number of benzene rings is 1. The predicted molar refractivity (Wildman–Crippen MR) is 51.0 cm³/mol. The number of nitrogens with zero attached hydrogens (tertiary/aromatic N) is 1. The van der Waals surface area contributed by atoms with E-state index >= 15 is 0 Å². The number of hydrogen-bond acceptors (Lipinski definition) is 3. The number of carbonyl (C=O) groups is 1. The van der Waals surface area contributed by atoms with Gasteiger partial charge >= 0.3 is 12.1 Å². The van der Waals surface area contributed by atoms with Gasteiger partial charge in [-0.3, -0.25) is 0 Å². The zero-order valence-electron chi connectivity index (χ0n) is 8.76. The average molecular weight is 242 g/mol. The summed E-state index contributed by atoms with van der Waals surface area (Å²) in [5.74, 6) is -1.14. The van der Waals surface area contributed by atoms with Crippen molar-refractivity contribution < 1.29 is 22.7 Å². The molecule has 0 heterocycles. The van der Waals surface area contributed by atoms with Crippen LogP contribution in [-0.4, -0.2) is 12.6 Å². The number of ether oxygens (including phenoxy) is 1. The fraction of sp³-hybridized carbons (Fsp3) is 0.273. The fourth-order valence-corrected chi connectivity index (χ4v) is 1.16. The van der Waals surface area contributed by atoms with Crippen molar-refractivity contribution >= 4 is 5.97 Å². The number of alkyl halides is 3. The van der Waals surface area contributed by atoms with E-state index < -0.39 is 23.3 Å². The van der Waals surface area contributed by atoms with Crippen LogP contribution in [0.2, 0.25) is 0 Å². The Balaban J connectivity index is 3.32. The van der Waals surface area contributed by atoms with E-state index in [1.165, 1.54) is 6.92 Å². The summed E-state index contributed by atoms with van der Waals surface area (Å²) in [4.78, 5) is 11.3. The largest absolute Gasteiger partial charge is 0.462 e. The van der Waals surface area contributed by atoms with Gasteiger partial charge in [-0.1, -0.05) is 0 Å². The van der Waals surface area contributed by atoms with Crippen molar-refractivity contribution in [2.24, 2.45) is 0 Å². The van der Waals surface area contributed by atoms with Crippen LogP contribution in [-0.2, 0) is 10.9 Å². The lowest BCUT2D eigenvalue weighted by Crippen LogP contribution is -2.15. The van der Waals surface area contributed by atoms with Gasteiger partial charge in [0.05, 0.1) is 29.4 Å². The number of esters is 1. The Kier molecular flexibility index (Phi) is 3.73. The summed E-state index contributed by atoms with van der Waals surface area (Å²) in [6.45, 7) is 1.42. The van der Waals surface area contributed by atoms with E-state index in [0.29, 0.717) is 6.07 Å². The fourth-order valence-electron chi connectivity index (χ4n) is 1.16. The smallest absolute Gasteiger partial charge is 0.417 e. The minimum absolute atomic E-state index is 0.0548. The lowest BCUT2D eigenvalue weighted by Gasteiger charge is -2.11. The van der Waals surface area contributed by atoms with Crippen LogP contribution in [0.4, 0.5) is 13.2 Å². The van der Waals surface area contributed by atoms with E-state index in [1.807, 2.05) is 0 Å². The molecule has 0 atom stereocenters. The highest BCUT2D eigenvalue weighted by atomic mass is 19.4. The lowest BCUT2D eigenvalue weighted by atomic mass is 10.0. The predicted octanol–water partition coefficient (Wildman–Crippen LogP) is 2.55. The second-order valence-electron chi connectivity index (χ2n) is 2.99. The third kappa shape index (κ3) is 2.97. The Morgan fingerprint density at radius 2 is 2.18 bits per heavy atom. The zero-order chi connectivity index (χ0) is 13.1. The van der Waals surface area contributed by atoms with Crippen molar-refractivity contribution in [1.29, 1.82) is 5.26 Å². The monoisotopic (exact) mass is 242 g/mol. The quantitative estimate of drug-likeness (QED) is 0.749. The summed E-state index contributed by atoms with van der Waals surface area (Å²) in [6.07, 6.45) is -4.69. The second-order valence-corrected chi connectivity index (χ2v) is 2.99. The molecule has 0 unspecified atom stereocenters. The molecule has 89 valence electrons. The number of nitriles is 1. The van der Waals surface area contributed by atoms with Crippen LogP contribution in [0.25, 0.3) is 0 Å². The summed E-state index contributed by atoms with van der Waals surface area (Å²) < 4.78 is 42.2. The van der Waals surface area contributed by atoms with E-state index in [4.69, 9.17) is 5.26 Å². The Bertz CT molecular complexity index is 475. The molecule has 0 saturated carbocycles. The van der Waals surface area contributed by atoms with Crippen molar-refractivity contribution in [3.8, 4) is 6.07 Å². The first kappa shape index (κ1) is 13.0. The summed E-state index contributed by atoms with van der Waals surface area (Å²) in [5, 5.41) is 8.55. The highest BCUT2D eigenvalue weighted by Crippen LogP contribution is 2.32. The zero-order valence-corrected chi connectivity index (χ0v) is 8.76. The van der Waals surface area contributed by atoms with Crippen LogP contribution in [0.15, 0.2) is 12.1 Å². The average Bonchev–Trinajstić information content (AvgIpc) is 2.27. The van der Waals surface area contributed by atoms with Gasteiger partial charge in [0, 0.05) is 6.07 Å². The molecule has 3 nitrogen and oxygen atoms in total. The maximum atomic E-state index is 12.6. The molecule has 0 bridgehead atoms. The van der Waals surface area contributed by atoms with Gasteiger partial charge in [-0.25, -0.2) is 4.79 Å². The topological polar surface area (TPSA) is 50.1 Å². The number of carbonyl (C=O) groups excluding carboxylic acids is 1. The molecule has 0 aliphatic heterocycles. The molecular weight excluding hydrogens is 235 g/mol. The number of halogens is 3. The SMILES string of the molecule is CCOC(=O)c1[c]c(C#N)ccc1C(F)(F)F. The van der Waals surface area contributed by atoms with Gasteiger partial charge in [-0.15, -0.1) is 0 Å². The van der Waals surface area contributed by atoms with Crippen LogP contribution in [0.5, 0.6) is 0 Å². The molecule has 0 amide bonds. The van der Waals surface area contributed by atoms with E-state index in [9.17, 15) is 18.0 Å². The maximum absolute atomic E-state index is 12.6. The highest BCUT2D eigenvalue weighted by Gasteiger charge is 2.35. The van der Waals surface area contributed by atoms with Crippen molar-refractivity contribution in [3.63, 3.8) is 0 Å². The Hall–Kier alpha value is -2.03. The summed E-state index contributed by atoms with van der Waals surface area (Å²) in [5.41, 5.74) is -2.07. The number of hydrogen-bond donors (Lipinski definition) is 0. The molecule has 0 spiro atoms. The van der Waals surface area contributed by atoms with Crippen LogP contribution in [0, 0.1) is 17.4 Å². The maximum Gasteiger partial charge on any atom is 0.417 e. The molecule has 0 fully saturated rings. The van der Waals surface area contributed by atoms with E-state index in [2.05, 4.69) is 10.8 Å². The Morgan fingerprint density at radius 1 is 1.53 bits per heavy atom. The van der Waals surface area contributed by atoms with Crippen molar-refractivity contribution in [2.45, 2.75) is 13.1 Å². The van der Waals surface area contributed by atoms with Crippen LogP contribution >= 0.6 is 0 Å². The molecule has 0 aromatic heterocycles. The first-order valence-electron chi connectivity index (χ1n) is 4.61. The van der Waals surface area contributed by atoms with E-state index in [1.54, 1.807) is 6.07 Å². The Morgan fingerprint density at radius 3 is 2.65 bits per heavy atom. The van der Waals surface area contributed by atoms with E-state index in [-0.39, 0.29) is 12.2 Å². The summed E-state index contributed by atoms with van der Waals surface area (Å²) in [7, 11) is 0. The molecular formula is C11H7F3NO2. The van der Waals surface area contributed by atoms with E-state index in [0.717, 1.165) is 6.07 Å². The van der Waals surface area contributed by atoms with Gasteiger partial charge in [0.25, 0.3) is 0 Å². The van der Waals surface area contributed by atoms with Crippen molar-refractivity contribution in [1.82, 2.24) is 0 Å². The molecule has 1 aromatic carbocycles. The van der Waals surface area contributed by atoms with Gasteiger partial charge in [-0.2, -0.15) is 18.4 Å². The van der Waals surface area contributed by atoms with Crippen LogP contribution in [0.3, 0.4) is 0 Å². The molecule has 0 saturated heterocycles. The third-order valence-electron chi connectivity index (χ3n) is 1.85. The molecule has 0 aliphatic rings. The molecule has 1 rings (SSSR count). The first-order chi connectivity index (χ1) is 7.90. The third-order valence-corrected chi connectivity index (χ3v) is 1.85. The molecule has 6 heteroatoms. The molecule has 0 aliphatic carbocycles. The van der Waals surface area contributed by atoms with Crippen LogP contribution in [0.1, 0.15) is 28.4 Å². The van der Waals surface area contributed by atoms with Crippen LogP contribution < -0.4 is 0 Å². The van der Waals surface area contributed by atoms with Crippen molar-refractivity contribution in [2.75, 3.05) is 6.61 Å². The summed E-state index contributed by atoms with van der Waals surface area (Å²) in [6, 6.07) is 5.33. The lowest BCUT2D eigenvalue weighted by molar-refractivity contribution is -0.138. The normalized spacial score (nSPS) is 10.8. The minimum atomic E-state index is -4.69. The van der Waals surface area contributed by atoms with Crippen molar-refractivity contribution in [3.05, 3.63) is 34.9 Å². The summed E-state index contributed by atoms with van der Waals surface area (Å²) >= 11 is 0. The molecule has 1 aromatic rings. The van der Waals surface area contributed by atoms with Gasteiger partial charge in [0.1, 0.15) is 0 Å². The van der Waals surface area contributed by atoms with Gasteiger partial charge < -0.3 is 4.74 Å². The van der Waals surface area contributed by atoms with Gasteiger partial charge in [0.2, 0.25) is 0 Å².